The second-order valence-electron chi connectivity index (χ2n) is 7.49. The second kappa shape index (κ2) is 10.5. The van der Waals surface area contributed by atoms with Gasteiger partial charge in [-0.2, -0.15) is 0 Å². The molecule has 1 aliphatic rings. The Hall–Kier alpha value is -4.74. The minimum absolute atomic E-state index is 0.191. The predicted molar refractivity (Wildman–Crippen MR) is 129 cm³/mol. The van der Waals surface area contributed by atoms with E-state index >= 15 is 0 Å². The van der Waals surface area contributed by atoms with Gasteiger partial charge in [-0.25, -0.2) is 0 Å². The van der Waals surface area contributed by atoms with Gasteiger partial charge in [0.15, 0.2) is 0 Å². The Labute approximate surface area is 199 Å². The van der Waals surface area contributed by atoms with Crippen LogP contribution < -0.4 is 11.7 Å². The van der Waals surface area contributed by atoms with E-state index in [9.17, 15) is 30.3 Å². The number of rotatable bonds is 6. The van der Waals surface area contributed by atoms with E-state index in [1.54, 1.807) is 18.2 Å². The first-order valence-corrected chi connectivity index (χ1v) is 10.3. The summed E-state index contributed by atoms with van der Waals surface area (Å²) < 4.78 is 0. The van der Waals surface area contributed by atoms with Crippen molar-refractivity contribution < 1.29 is 14.8 Å². The van der Waals surface area contributed by atoms with Gasteiger partial charge in [0, 0.05) is 11.3 Å². The molecule has 0 saturated carbocycles. The molecule has 0 spiro atoms. The average molecular weight is 475 g/mol. The fourth-order valence-electron chi connectivity index (χ4n) is 4.44. The number of non-ortho nitro benzene ring substituents is 1. The molecule has 0 aromatic heterocycles. The van der Waals surface area contributed by atoms with Crippen molar-refractivity contribution in [1.82, 2.24) is 0 Å². The number of nitro groups is 3. The Balaban J connectivity index is 0.00000167. The SMILES string of the molecule is NN.O=[N+]([O-])c1cc([N+](=O)[O-])c(C2C=CC=CC2(c2ccccc2)c2ccccc2)c([N+](=O)[O-])c1. The fraction of sp³-hybridized carbons (Fsp3) is 0.0833. The zero-order chi connectivity index (χ0) is 25.6. The van der Waals surface area contributed by atoms with Crippen LogP contribution in [0.1, 0.15) is 22.6 Å². The van der Waals surface area contributed by atoms with Crippen LogP contribution in [0.2, 0.25) is 0 Å². The Morgan fingerprint density at radius 1 is 0.686 bits per heavy atom. The topological polar surface area (TPSA) is 181 Å². The van der Waals surface area contributed by atoms with Crippen LogP contribution in [0.3, 0.4) is 0 Å². The summed E-state index contributed by atoms with van der Waals surface area (Å²) in [4.78, 5) is 32.9. The zero-order valence-corrected chi connectivity index (χ0v) is 18.3. The average Bonchev–Trinajstić information content (AvgIpc) is 2.89. The number of nitro benzene ring substituents is 3. The number of allylic oxidation sites excluding steroid dienone is 4. The molecule has 0 heterocycles. The molecule has 11 heteroatoms. The highest BCUT2D eigenvalue weighted by atomic mass is 16.6. The van der Waals surface area contributed by atoms with Gasteiger partial charge in [0.2, 0.25) is 0 Å². The van der Waals surface area contributed by atoms with Crippen LogP contribution in [0.5, 0.6) is 0 Å². The van der Waals surface area contributed by atoms with E-state index in [0.717, 1.165) is 23.3 Å². The largest absolute Gasteiger partial charge is 0.287 e. The summed E-state index contributed by atoms with van der Waals surface area (Å²) >= 11 is 0. The molecule has 0 amide bonds. The Kier molecular flexibility index (Phi) is 7.44. The first kappa shape index (κ1) is 24.9. The van der Waals surface area contributed by atoms with Crippen LogP contribution in [0.4, 0.5) is 17.1 Å². The van der Waals surface area contributed by atoms with Crippen molar-refractivity contribution >= 4 is 17.1 Å². The number of hydrogen-bond donors (Lipinski definition) is 2. The molecule has 0 fully saturated rings. The monoisotopic (exact) mass is 475 g/mol. The second-order valence-corrected chi connectivity index (χ2v) is 7.49. The van der Waals surface area contributed by atoms with E-state index in [4.69, 9.17) is 0 Å². The number of hydrogen-bond acceptors (Lipinski definition) is 8. The third-order valence-electron chi connectivity index (χ3n) is 5.80. The smallest absolute Gasteiger partial charge is 0.274 e. The zero-order valence-electron chi connectivity index (χ0n) is 18.3. The predicted octanol–water partition coefficient (Wildman–Crippen LogP) is 4.43. The maximum absolute atomic E-state index is 12.0. The number of nitrogens with zero attached hydrogens (tertiary/aromatic N) is 3. The maximum atomic E-state index is 12.0. The molecule has 35 heavy (non-hydrogen) atoms. The number of benzene rings is 3. The molecule has 11 nitrogen and oxygen atoms in total. The summed E-state index contributed by atoms with van der Waals surface area (Å²) in [7, 11) is 0. The van der Waals surface area contributed by atoms with Gasteiger partial charge < -0.3 is 0 Å². The van der Waals surface area contributed by atoms with Gasteiger partial charge in [-0.3, -0.25) is 42.0 Å². The summed E-state index contributed by atoms with van der Waals surface area (Å²) in [6.45, 7) is 0. The van der Waals surface area contributed by atoms with Gasteiger partial charge in [-0.15, -0.1) is 0 Å². The first-order chi connectivity index (χ1) is 16.9. The van der Waals surface area contributed by atoms with Gasteiger partial charge in [-0.05, 0) is 11.1 Å². The highest BCUT2D eigenvalue weighted by Crippen LogP contribution is 2.53. The lowest BCUT2D eigenvalue weighted by Gasteiger charge is -2.39. The van der Waals surface area contributed by atoms with E-state index in [-0.39, 0.29) is 5.56 Å². The van der Waals surface area contributed by atoms with Crippen LogP contribution in [-0.4, -0.2) is 14.8 Å². The van der Waals surface area contributed by atoms with E-state index in [1.165, 1.54) is 0 Å². The third kappa shape index (κ3) is 4.53. The van der Waals surface area contributed by atoms with Crippen LogP contribution >= 0.6 is 0 Å². The number of nitrogens with two attached hydrogens (primary N) is 2. The molecule has 0 saturated heterocycles. The summed E-state index contributed by atoms with van der Waals surface area (Å²) in [6.07, 6.45) is 6.99. The van der Waals surface area contributed by atoms with Crippen LogP contribution in [0.25, 0.3) is 0 Å². The van der Waals surface area contributed by atoms with Gasteiger partial charge in [0.05, 0.1) is 26.9 Å². The van der Waals surface area contributed by atoms with Crippen molar-refractivity contribution in [1.29, 1.82) is 0 Å². The van der Waals surface area contributed by atoms with E-state index in [0.29, 0.717) is 0 Å². The van der Waals surface area contributed by atoms with Crippen LogP contribution in [0, 0.1) is 30.3 Å². The quantitative estimate of drug-likeness (QED) is 0.298. The standard InChI is InChI=1S/C24H17N3O6.H4N2/c28-25(29)19-15-21(26(30)31)23(22(16-19)27(32)33)20-13-7-8-14-24(20,17-9-3-1-4-10-17)18-11-5-2-6-12-18;1-2/h1-16,20H;1-2H2. The molecule has 1 unspecified atom stereocenters. The molecule has 0 radical (unpaired) electrons. The van der Waals surface area contributed by atoms with Crippen molar-refractivity contribution in [3.05, 3.63) is 144 Å². The molecule has 3 aromatic rings. The van der Waals surface area contributed by atoms with Gasteiger partial charge in [-0.1, -0.05) is 85.0 Å². The molecule has 4 rings (SSSR count). The van der Waals surface area contributed by atoms with Crippen molar-refractivity contribution in [2.45, 2.75) is 11.3 Å². The lowest BCUT2D eigenvalue weighted by molar-refractivity contribution is -0.404. The molecule has 0 bridgehead atoms. The lowest BCUT2D eigenvalue weighted by Crippen LogP contribution is -2.34. The van der Waals surface area contributed by atoms with E-state index in [2.05, 4.69) is 11.7 Å². The van der Waals surface area contributed by atoms with Crippen molar-refractivity contribution in [2.75, 3.05) is 0 Å². The summed E-state index contributed by atoms with van der Waals surface area (Å²) in [5.74, 6) is 7.12. The molecule has 4 N–H and O–H groups in total. The minimum Gasteiger partial charge on any atom is -0.274 e. The minimum atomic E-state index is -1.02. The molecular formula is C24H21N5O6. The molecule has 3 aromatic carbocycles. The Bertz CT molecular complexity index is 1230. The fourth-order valence-corrected chi connectivity index (χ4v) is 4.44. The first-order valence-electron chi connectivity index (χ1n) is 10.3. The molecular weight excluding hydrogens is 454 g/mol. The van der Waals surface area contributed by atoms with E-state index in [1.807, 2.05) is 66.7 Å². The van der Waals surface area contributed by atoms with E-state index < -0.39 is 43.2 Å². The van der Waals surface area contributed by atoms with Crippen molar-refractivity contribution in [3.63, 3.8) is 0 Å². The molecule has 0 aliphatic heterocycles. The maximum Gasteiger partial charge on any atom is 0.287 e. The molecule has 1 aliphatic carbocycles. The summed E-state index contributed by atoms with van der Waals surface area (Å²) in [6, 6.07) is 19.9. The summed E-state index contributed by atoms with van der Waals surface area (Å²) in [5.41, 5.74) is -1.73. The van der Waals surface area contributed by atoms with Gasteiger partial charge in [0.25, 0.3) is 17.1 Å². The highest BCUT2D eigenvalue weighted by molar-refractivity contribution is 5.67. The third-order valence-corrected chi connectivity index (χ3v) is 5.80. The van der Waals surface area contributed by atoms with Crippen LogP contribution in [0.15, 0.2) is 97.1 Å². The Morgan fingerprint density at radius 2 is 1.14 bits per heavy atom. The molecule has 178 valence electrons. The van der Waals surface area contributed by atoms with Crippen molar-refractivity contribution in [3.8, 4) is 0 Å². The lowest BCUT2D eigenvalue weighted by atomic mass is 9.61. The summed E-state index contributed by atoms with van der Waals surface area (Å²) in [5, 5.41) is 35.4. The van der Waals surface area contributed by atoms with Crippen molar-refractivity contribution in [2.24, 2.45) is 11.7 Å². The Morgan fingerprint density at radius 3 is 1.54 bits per heavy atom. The molecule has 1 atom stereocenters. The van der Waals surface area contributed by atoms with Gasteiger partial charge in [0.1, 0.15) is 5.56 Å². The van der Waals surface area contributed by atoms with Gasteiger partial charge >= 0.3 is 0 Å². The number of hydrazine groups is 1. The normalized spacial score (nSPS) is 15.5. The highest BCUT2D eigenvalue weighted by Gasteiger charge is 2.47. The van der Waals surface area contributed by atoms with Crippen LogP contribution in [-0.2, 0) is 5.41 Å².